The Bertz CT molecular complexity index is 358. The minimum absolute atomic E-state index is 0. The topological polar surface area (TPSA) is 64.1 Å². The minimum atomic E-state index is 0. The Kier molecular flexibility index (Phi) is 14.6. The highest BCUT2D eigenvalue weighted by Gasteiger charge is 2.15. The van der Waals surface area contributed by atoms with E-state index in [1.165, 1.54) is 38.5 Å². The quantitative estimate of drug-likeness (QED) is 0.165. The average Bonchev–Trinajstić information content (AvgIpc) is 3.02. The van der Waals surface area contributed by atoms with E-state index in [1.54, 1.807) is 7.05 Å². The second-order valence-electron chi connectivity index (χ2n) is 7.07. The SMILES string of the molecule is CN=C(NCCCOCC1CCOC1)NCCOC1CCCCCC1.I. The first-order valence-electron chi connectivity index (χ1n) is 10.1. The second-order valence-corrected chi connectivity index (χ2v) is 7.07. The maximum absolute atomic E-state index is 5.99. The van der Waals surface area contributed by atoms with Crippen LogP contribution >= 0.6 is 24.0 Å². The predicted molar refractivity (Wildman–Crippen MR) is 117 cm³/mol. The molecule has 1 aliphatic carbocycles. The lowest BCUT2D eigenvalue weighted by Crippen LogP contribution is -2.40. The summed E-state index contributed by atoms with van der Waals surface area (Å²) in [5.74, 6) is 1.43. The van der Waals surface area contributed by atoms with Crippen molar-refractivity contribution in [2.75, 3.05) is 53.2 Å². The maximum Gasteiger partial charge on any atom is 0.191 e. The van der Waals surface area contributed by atoms with Crippen LogP contribution in [0, 0.1) is 5.92 Å². The van der Waals surface area contributed by atoms with E-state index in [0.29, 0.717) is 12.0 Å². The van der Waals surface area contributed by atoms with E-state index in [0.717, 1.165) is 64.9 Å². The number of nitrogens with one attached hydrogen (secondary N) is 2. The Labute approximate surface area is 176 Å². The lowest BCUT2D eigenvalue weighted by atomic mass is 10.1. The lowest BCUT2D eigenvalue weighted by molar-refractivity contribution is 0.0468. The summed E-state index contributed by atoms with van der Waals surface area (Å²) in [6.45, 7) is 5.77. The molecule has 0 aromatic carbocycles. The van der Waals surface area contributed by atoms with Crippen LogP contribution in [-0.4, -0.2) is 65.2 Å². The van der Waals surface area contributed by atoms with Crippen LogP contribution in [0.5, 0.6) is 0 Å². The Morgan fingerprint density at radius 1 is 1.04 bits per heavy atom. The van der Waals surface area contributed by atoms with Crippen molar-refractivity contribution in [2.24, 2.45) is 10.9 Å². The van der Waals surface area contributed by atoms with E-state index >= 15 is 0 Å². The zero-order valence-corrected chi connectivity index (χ0v) is 18.7. The van der Waals surface area contributed by atoms with Crippen LogP contribution in [0.1, 0.15) is 51.4 Å². The number of ether oxygens (including phenoxy) is 3. The van der Waals surface area contributed by atoms with Gasteiger partial charge in [0.1, 0.15) is 0 Å². The van der Waals surface area contributed by atoms with Crippen molar-refractivity contribution in [1.82, 2.24) is 10.6 Å². The summed E-state index contributed by atoms with van der Waals surface area (Å²) in [5.41, 5.74) is 0. The van der Waals surface area contributed by atoms with Gasteiger partial charge in [0.25, 0.3) is 0 Å². The van der Waals surface area contributed by atoms with Crippen LogP contribution in [0.2, 0.25) is 0 Å². The van der Waals surface area contributed by atoms with Crippen LogP contribution < -0.4 is 10.6 Å². The summed E-state index contributed by atoms with van der Waals surface area (Å²) in [7, 11) is 1.80. The summed E-state index contributed by atoms with van der Waals surface area (Å²) in [6, 6.07) is 0. The summed E-state index contributed by atoms with van der Waals surface area (Å²) < 4.78 is 17.0. The Hall–Kier alpha value is -0.120. The first-order chi connectivity index (χ1) is 12.4. The van der Waals surface area contributed by atoms with E-state index < -0.39 is 0 Å². The lowest BCUT2D eigenvalue weighted by Gasteiger charge is -2.17. The van der Waals surface area contributed by atoms with Crippen LogP contribution in [0.15, 0.2) is 4.99 Å². The highest BCUT2D eigenvalue weighted by molar-refractivity contribution is 14.0. The van der Waals surface area contributed by atoms with Gasteiger partial charge in [-0.3, -0.25) is 4.99 Å². The highest BCUT2D eigenvalue weighted by atomic mass is 127. The molecular weight excluding hydrogens is 445 g/mol. The summed E-state index contributed by atoms with van der Waals surface area (Å²) in [6.07, 6.45) is 10.4. The van der Waals surface area contributed by atoms with E-state index in [1.807, 2.05) is 0 Å². The molecule has 0 bridgehead atoms. The maximum atomic E-state index is 5.99. The Morgan fingerprint density at radius 2 is 1.81 bits per heavy atom. The summed E-state index contributed by atoms with van der Waals surface area (Å²) >= 11 is 0. The van der Waals surface area contributed by atoms with Crippen molar-refractivity contribution >= 4 is 29.9 Å². The number of nitrogens with zero attached hydrogens (tertiary/aromatic N) is 1. The van der Waals surface area contributed by atoms with E-state index in [2.05, 4.69) is 15.6 Å². The number of halogens is 1. The largest absolute Gasteiger partial charge is 0.381 e. The fraction of sp³-hybridized carbons (Fsp3) is 0.947. The predicted octanol–water partition coefficient (Wildman–Crippen LogP) is 2.95. The molecule has 0 aromatic heterocycles. The van der Waals surface area contributed by atoms with Gasteiger partial charge < -0.3 is 24.8 Å². The van der Waals surface area contributed by atoms with Gasteiger partial charge in [0.05, 0.1) is 25.9 Å². The molecule has 2 N–H and O–H groups in total. The van der Waals surface area contributed by atoms with Gasteiger partial charge in [-0.1, -0.05) is 25.7 Å². The molecule has 2 aliphatic rings. The zero-order chi connectivity index (χ0) is 17.6. The van der Waals surface area contributed by atoms with Crippen molar-refractivity contribution in [3.8, 4) is 0 Å². The monoisotopic (exact) mass is 483 g/mol. The molecule has 1 aliphatic heterocycles. The molecule has 2 rings (SSSR count). The number of rotatable bonds is 10. The number of aliphatic imine (C=N–C) groups is 1. The molecule has 26 heavy (non-hydrogen) atoms. The first kappa shape index (κ1) is 23.9. The van der Waals surface area contributed by atoms with Crippen LogP contribution in [0.3, 0.4) is 0 Å². The normalized spacial score (nSPS) is 21.9. The molecule has 1 unspecified atom stereocenters. The summed E-state index contributed by atoms with van der Waals surface area (Å²) in [4.78, 5) is 4.25. The number of guanidine groups is 1. The van der Waals surface area contributed by atoms with E-state index in [4.69, 9.17) is 14.2 Å². The van der Waals surface area contributed by atoms with Gasteiger partial charge in [-0.2, -0.15) is 0 Å². The smallest absolute Gasteiger partial charge is 0.191 e. The van der Waals surface area contributed by atoms with Gasteiger partial charge in [-0.05, 0) is 25.7 Å². The molecule has 0 spiro atoms. The molecule has 0 radical (unpaired) electrons. The average molecular weight is 483 g/mol. The Balaban J connectivity index is 0.00000338. The molecule has 1 saturated carbocycles. The minimum Gasteiger partial charge on any atom is -0.381 e. The van der Waals surface area contributed by atoms with Crippen LogP contribution in [-0.2, 0) is 14.2 Å². The van der Waals surface area contributed by atoms with E-state index in [-0.39, 0.29) is 24.0 Å². The third-order valence-electron chi connectivity index (χ3n) is 4.91. The molecule has 2 fully saturated rings. The number of hydrogen-bond acceptors (Lipinski definition) is 4. The van der Waals surface area contributed by atoms with Crippen molar-refractivity contribution in [2.45, 2.75) is 57.5 Å². The molecule has 0 amide bonds. The van der Waals surface area contributed by atoms with Gasteiger partial charge in [-0.15, -0.1) is 24.0 Å². The molecule has 154 valence electrons. The number of hydrogen-bond donors (Lipinski definition) is 2. The third kappa shape index (κ3) is 10.9. The molecule has 7 heteroatoms. The van der Waals surface area contributed by atoms with Gasteiger partial charge in [0.2, 0.25) is 0 Å². The fourth-order valence-electron chi connectivity index (χ4n) is 3.37. The molecule has 1 atom stereocenters. The Morgan fingerprint density at radius 3 is 2.50 bits per heavy atom. The fourth-order valence-corrected chi connectivity index (χ4v) is 3.37. The molecular formula is C19H38IN3O3. The molecule has 0 aromatic rings. The third-order valence-corrected chi connectivity index (χ3v) is 4.91. The highest BCUT2D eigenvalue weighted by Crippen LogP contribution is 2.19. The van der Waals surface area contributed by atoms with Gasteiger partial charge >= 0.3 is 0 Å². The molecule has 1 heterocycles. The van der Waals surface area contributed by atoms with Crippen molar-refractivity contribution in [3.63, 3.8) is 0 Å². The molecule has 6 nitrogen and oxygen atoms in total. The standard InChI is InChI=1S/C19H37N3O3.HI/c1-20-19(21-10-6-12-23-15-17-9-13-24-16-17)22-11-14-25-18-7-4-2-3-5-8-18;/h17-18H,2-16H2,1H3,(H2,20,21,22);1H. The van der Waals surface area contributed by atoms with Crippen LogP contribution in [0.25, 0.3) is 0 Å². The van der Waals surface area contributed by atoms with Crippen molar-refractivity contribution < 1.29 is 14.2 Å². The second kappa shape index (κ2) is 15.9. The van der Waals surface area contributed by atoms with Gasteiger partial charge in [0, 0.05) is 39.3 Å². The van der Waals surface area contributed by atoms with Crippen molar-refractivity contribution in [3.05, 3.63) is 0 Å². The van der Waals surface area contributed by atoms with E-state index in [9.17, 15) is 0 Å². The molecule has 1 saturated heterocycles. The van der Waals surface area contributed by atoms with Crippen LogP contribution in [0.4, 0.5) is 0 Å². The first-order valence-corrected chi connectivity index (χ1v) is 10.1. The van der Waals surface area contributed by atoms with Crippen molar-refractivity contribution in [1.29, 1.82) is 0 Å². The van der Waals surface area contributed by atoms with Gasteiger partial charge in [0.15, 0.2) is 5.96 Å². The zero-order valence-electron chi connectivity index (χ0n) is 16.3. The summed E-state index contributed by atoms with van der Waals surface area (Å²) in [5, 5.41) is 6.64. The van der Waals surface area contributed by atoms with Gasteiger partial charge in [-0.25, -0.2) is 0 Å².